The molecule has 0 aliphatic heterocycles. The standard InChI is InChI=1S/C11H24N2O3/c1-6-13(7-2)10(14)8-12-9(3)11(15-4)16-5/h9,11-12H,6-8H2,1-5H3. The van der Waals surface area contributed by atoms with Gasteiger partial charge in [-0.25, -0.2) is 0 Å². The minimum Gasteiger partial charge on any atom is -0.354 e. The average molecular weight is 232 g/mol. The van der Waals surface area contributed by atoms with Crippen molar-refractivity contribution in [3.63, 3.8) is 0 Å². The number of hydrogen-bond acceptors (Lipinski definition) is 4. The fraction of sp³-hybridized carbons (Fsp3) is 0.909. The van der Waals surface area contributed by atoms with Crippen molar-refractivity contribution in [2.24, 2.45) is 0 Å². The van der Waals surface area contributed by atoms with Crippen molar-refractivity contribution in [2.75, 3.05) is 33.9 Å². The third-order valence-corrected chi connectivity index (χ3v) is 2.56. The molecule has 0 aliphatic carbocycles. The van der Waals surface area contributed by atoms with E-state index in [1.807, 2.05) is 20.8 Å². The van der Waals surface area contributed by atoms with Crippen LogP contribution in [0.3, 0.4) is 0 Å². The smallest absolute Gasteiger partial charge is 0.236 e. The van der Waals surface area contributed by atoms with Gasteiger partial charge in [-0.3, -0.25) is 4.79 Å². The van der Waals surface area contributed by atoms with Crippen LogP contribution in [-0.4, -0.2) is 57.0 Å². The Labute approximate surface area is 98.1 Å². The minimum atomic E-state index is -0.329. The molecule has 0 rings (SSSR count). The first-order chi connectivity index (χ1) is 7.60. The molecule has 0 saturated heterocycles. The highest BCUT2D eigenvalue weighted by atomic mass is 16.7. The number of carbonyl (C=O) groups excluding carboxylic acids is 1. The van der Waals surface area contributed by atoms with Gasteiger partial charge < -0.3 is 19.7 Å². The largest absolute Gasteiger partial charge is 0.354 e. The van der Waals surface area contributed by atoms with E-state index in [0.29, 0.717) is 6.54 Å². The maximum atomic E-state index is 11.7. The Balaban J connectivity index is 3.99. The normalized spacial score (nSPS) is 12.9. The number of nitrogens with one attached hydrogen (secondary N) is 1. The molecule has 1 N–H and O–H groups in total. The highest BCUT2D eigenvalue weighted by molar-refractivity contribution is 5.78. The number of ether oxygens (including phenoxy) is 2. The molecular weight excluding hydrogens is 208 g/mol. The zero-order valence-electron chi connectivity index (χ0n) is 10.9. The molecule has 5 nitrogen and oxygen atoms in total. The zero-order valence-corrected chi connectivity index (χ0v) is 10.9. The molecule has 0 saturated carbocycles. The summed E-state index contributed by atoms with van der Waals surface area (Å²) >= 11 is 0. The van der Waals surface area contributed by atoms with E-state index >= 15 is 0 Å². The molecule has 16 heavy (non-hydrogen) atoms. The number of carbonyl (C=O) groups is 1. The third kappa shape index (κ3) is 4.92. The summed E-state index contributed by atoms with van der Waals surface area (Å²) in [6.45, 7) is 7.65. The Morgan fingerprint density at radius 2 is 1.75 bits per heavy atom. The van der Waals surface area contributed by atoms with Gasteiger partial charge in [-0.05, 0) is 20.8 Å². The van der Waals surface area contributed by atoms with Gasteiger partial charge in [0.15, 0.2) is 6.29 Å². The average Bonchev–Trinajstić information content (AvgIpc) is 2.29. The van der Waals surface area contributed by atoms with Crippen molar-refractivity contribution in [3.05, 3.63) is 0 Å². The van der Waals surface area contributed by atoms with Crippen molar-refractivity contribution in [3.8, 4) is 0 Å². The lowest BCUT2D eigenvalue weighted by Gasteiger charge is -2.24. The monoisotopic (exact) mass is 232 g/mol. The van der Waals surface area contributed by atoms with Gasteiger partial charge in [0, 0.05) is 27.3 Å². The van der Waals surface area contributed by atoms with Crippen molar-refractivity contribution in [2.45, 2.75) is 33.1 Å². The molecule has 96 valence electrons. The summed E-state index contributed by atoms with van der Waals surface area (Å²) in [5, 5.41) is 3.09. The van der Waals surface area contributed by atoms with E-state index in [-0.39, 0.29) is 18.2 Å². The van der Waals surface area contributed by atoms with Gasteiger partial charge in [0.1, 0.15) is 0 Å². The van der Waals surface area contributed by atoms with E-state index in [4.69, 9.17) is 9.47 Å². The number of amides is 1. The van der Waals surface area contributed by atoms with Gasteiger partial charge in [0.2, 0.25) is 5.91 Å². The number of rotatable bonds is 8. The summed E-state index contributed by atoms with van der Waals surface area (Å²) in [6.07, 6.45) is -0.329. The van der Waals surface area contributed by atoms with Gasteiger partial charge in [0.05, 0.1) is 12.6 Å². The summed E-state index contributed by atoms with van der Waals surface area (Å²) in [7, 11) is 3.16. The van der Waals surface area contributed by atoms with Gasteiger partial charge in [-0.2, -0.15) is 0 Å². The summed E-state index contributed by atoms with van der Waals surface area (Å²) in [5.74, 6) is 0.0998. The maximum absolute atomic E-state index is 11.7. The van der Waals surface area contributed by atoms with Crippen LogP contribution in [-0.2, 0) is 14.3 Å². The second-order valence-corrected chi connectivity index (χ2v) is 3.58. The van der Waals surface area contributed by atoms with Crippen molar-refractivity contribution >= 4 is 5.91 Å². The van der Waals surface area contributed by atoms with Gasteiger partial charge in [-0.15, -0.1) is 0 Å². The predicted molar refractivity (Wildman–Crippen MR) is 63.2 cm³/mol. The van der Waals surface area contributed by atoms with Gasteiger partial charge >= 0.3 is 0 Å². The number of likely N-dealkylation sites (N-methyl/N-ethyl adjacent to an activating group) is 1. The van der Waals surface area contributed by atoms with E-state index in [1.54, 1.807) is 19.1 Å². The first kappa shape index (κ1) is 15.3. The molecule has 0 aromatic carbocycles. The second kappa shape index (κ2) is 8.50. The summed E-state index contributed by atoms with van der Waals surface area (Å²) in [6, 6.07) is -0.0190. The SMILES string of the molecule is CCN(CC)C(=O)CNC(C)C(OC)OC. The maximum Gasteiger partial charge on any atom is 0.236 e. The van der Waals surface area contributed by atoms with Gasteiger partial charge in [-0.1, -0.05) is 0 Å². The predicted octanol–water partition coefficient (Wildman–Crippen LogP) is 0.452. The van der Waals surface area contributed by atoms with Crippen LogP contribution in [0.1, 0.15) is 20.8 Å². The molecule has 0 aliphatic rings. The molecule has 0 aromatic rings. The highest BCUT2D eigenvalue weighted by Gasteiger charge is 2.17. The minimum absolute atomic E-state index is 0.0190. The summed E-state index contributed by atoms with van der Waals surface area (Å²) in [5.41, 5.74) is 0. The van der Waals surface area contributed by atoms with Crippen LogP contribution in [0.25, 0.3) is 0 Å². The first-order valence-corrected chi connectivity index (χ1v) is 5.67. The lowest BCUT2D eigenvalue weighted by molar-refractivity contribution is -0.133. The van der Waals surface area contributed by atoms with E-state index in [0.717, 1.165) is 13.1 Å². The molecule has 5 heteroatoms. The van der Waals surface area contributed by atoms with Crippen LogP contribution in [0.2, 0.25) is 0 Å². The van der Waals surface area contributed by atoms with Crippen molar-refractivity contribution in [1.82, 2.24) is 10.2 Å². The highest BCUT2D eigenvalue weighted by Crippen LogP contribution is 1.98. The Morgan fingerprint density at radius 1 is 1.25 bits per heavy atom. The Morgan fingerprint density at radius 3 is 2.12 bits per heavy atom. The zero-order chi connectivity index (χ0) is 12.6. The Hall–Kier alpha value is -0.650. The van der Waals surface area contributed by atoms with Crippen molar-refractivity contribution in [1.29, 1.82) is 0 Å². The molecule has 0 spiro atoms. The van der Waals surface area contributed by atoms with E-state index < -0.39 is 0 Å². The van der Waals surface area contributed by atoms with Crippen LogP contribution in [0.4, 0.5) is 0 Å². The van der Waals surface area contributed by atoms with Crippen LogP contribution < -0.4 is 5.32 Å². The lowest BCUT2D eigenvalue weighted by atomic mass is 10.3. The topological polar surface area (TPSA) is 50.8 Å². The van der Waals surface area contributed by atoms with Crippen LogP contribution in [0.15, 0.2) is 0 Å². The van der Waals surface area contributed by atoms with E-state index in [2.05, 4.69) is 5.32 Å². The number of methoxy groups -OCH3 is 2. The van der Waals surface area contributed by atoms with Crippen LogP contribution in [0.5, 0.6) is 0 Å². The second-order valence-electron chi connectivity index (χ2n) is 3.58. The van der Waals surface area contributed by atoms with Crippen molar-refractivity contribution < 1.29 is 14.3 Å². The Kier molecular flexibility index (Phi) is 8.15. The summed E-state index contributed by atoms with van der Waals surface area (Å²) < 4.78 is 10.2. The number of nitrogens with zero attached hydrogens (tertiary/aromatic N) is 1. The molecule has 0 aromatic heterocycles. The molecule has 0 bridgehead atoms. The molecular formula is C11H24N2O3. The van der Waals surface area contributed by atoms with E-state index in [1.165, 1.54) is 0 Å². The lowest BCUT2D eigenvalue weighted by Crippen LogP contribution is -2.45. The van der Waals surface area contributed by atoms with Crippen LogP contribution >= 0.6 is 0 Å². The quantitative estimate of drug-likeness (QED) is 0.617. The Bertz CT molecular complexity index is 192. The molecule has 1 amide bonds. The number of hydrogen-bond donors (Lipinski definition) is 1. The van der Waals surface area contributed by atoms with Crippen LogP contribution in [0, 0.1) is 0 Å². The molecule has 0 heterocycles. The molecule has 0 radical (unpaired) electrons. The fourth-order valence-corrected chi connectivity index (χ4v) is 1.54. The summed E-state index contributed by atoms with van der Waals surface area (Å²) in [4.78, 5) is 13.5. The molecule has 1 atom stereocenters. The van der Waals surface area contributed by atoms with E-state index in [9.17, 15) is 4.79 Å². The first-order valence-electron chi connectivity index (χ1n) is 5.67. The fourth-order valence-electron chi connectivity index (χ4n) is 1.54. The van der Waals surface area contributed by atoms with Gasteiger partial charge in [0.25, 0.3) is 0 Å². The third-order valence-electron chi connectivity index (χ3n) is 2.56. The molecule has 1 unspecified atom stereocenters. The molecule has 0 fully saturated rings.